The molecule has 0 amide bonds. The number of piperidine rings is 1. The van der Waals surface area contributed by atoms with Crippen molar-refractivity contribution in [1.29, 1.82) is 0 Å². The molecule has 0 aromatic carbocycles. The zero-order chi connectivity index (χ0) is 10.3. The van der Waals surface area contributed by atoms with Crippen molar-refractivity contribution in [1.82, 2.24) is 5.32 Å². The fourth-order valence-electron chi connectivity index (χ4n) is 1.92. The number of rotatable bonds is 0. The number of fused-ring (bicyclic) bond motifs is 1. The van der Waals surface area contributed by atoms with E-state index in [0.717, 1.165) is 0 Å². The van der Waals surface area contributed by atoms with Gasteiger partial charge in [0, 0.05) is 6.54 Å². The van der Waals surface area contributed by atoms with E-state index in [0.29, 0.717) is 13.2 Å². The normalized spacial score (nSPS) is 47.1. The lowest BCUT2D eigenvalue weighted by atomic mass is 9.95. The van der Waals surface area contributed by atoms with Gasteiger partial charge in [0.1, 0.15) is 12.2 Å². The number of β-amino-alcohol motifs (C(OH)–C–C–N with tert-alkyl or cyclic N) is 1. The molecule has 0 aliphatic carbocycles. The lowest BCUT2D eigenvalue weighted by molar-refractivity contribution is -0.309. The third-order valence-electron chi connectivity index (χ3n) is 2.75. The van der Waals surface area contributed by atoms with Crippen molar-refractivity contribution in [2.75, 3.05) is 13.2 Å². The summed E-state index contributed by atoms with van der Waals surface area (Å²) in [6.45, 7) is 4.49. The topological polar surface area (TPSA) is 71.0 Å². The molecule has 3 N–H and O–H groups in total. The van der Waals surface area contributed by atoms with E-state index in [2.05, 4.69) is 5.32 Å². The molecule has 82 valence electrons. The first kappa shape index (κ1) is 10.3. The molecule has 4 atom stereocenters. The highest BCUT2D eigenvalue weighted by molar-refractivity contribution is 4.96. The molecule has 0 bridgehead atoms. The summed E-state index contributed by atoms with van der Waals surface area (Å²) in [6.07, 6.45) is -1.97. The third-order valence-corrected chi connectivity index (χ3v) is 2.75. The molecular formula is C9H17NO4. The Morgan fingerprint density at radius 2 is 2.07 bits per heavy atom. The molecule has 2 aliphatic rings. The molecule has 0 unspecified atom stereocenters. The highest BCUT2D eigenvalue weighted by Crippen LogP contribution is 2.27. The van der Waals surface area contributed by atoms with Crippen LogP contribution in [0.3, 0.4) is 0 Å². The van der Waals surface area contributed by atoms with Gasteiger partial charge in [0.25, 0.3) is 0 Å². The summed E-state index contributed by atoms with van der Waals surface area (Å²) < 4.78 is 11.0. The van der Waals surface area contributed by atoms with Crippen LogP contribution in [0.5, 0.6) is 0 Å². The van der Waals surface area contributed by atoms with E-state index >= 15 is 0 Å². The van der Waals surface area contributed by atoms with Crippen LogP contribution < -0.4 is 5.32 Å². The molecule has 0 aromatic heterocycles. The van der Waals surface area contributed by atoms with Crippen LogP contribution in [0.1, 0.15) is 13.8 Å². The second-order valence-corrected chi connectivity index (χ2v) is 4.37. The van der Waals surface area contributed by atoms with Gasteiger partial charge in [-0.15, -0.1) is 0 Å². The Morgan fingerprint density at radius 1 is 1.36 bits per heavy atom. The maximum atomic E-state index is 9.73. The van der Waals surface area contributed by atoms with Crippen LogP contribution in [0, 0.1) is 0 Å². The Kier molecular flexibility index (Phi) is 2.53. The summed E-state index contributed by atoms with van der Waals surface area (Å²) in [7, 11) is 0. The quantitative estimate of drug-likeness (QED) is 0.463. The van der Waals surface area contributed by atoms with Crippen LogP contribution in [0.15, 0.2) is 0 Å². The van der Waals surface area contributed by atoms with Gasteiger partial charge in [0.05, 0.1) is 18.8 Å². The van der Waals surface area contributed by atoms with Crippen LogP contribution in [0.4, 0.5) is 0 Å². The molecule has 0 radical (unpaired) electrons. The van der Waals surface area contributed by atoms with Crippen molar-refractivity contribution in [3.8, 4) is 0 Å². The summed E-state index contributed by atoms with van der Waals surface area (Å²) in [6, 6.07) is -0.0265. The van der Waals surface area contributed by atoms with Crippen LogP contribution in [-0.4, -0.2) is 53.5 Å². The van der Waals surface area contributed by atoms with Crippen molar-refractivity contribution in [2.24, 2.45) is 0 Å². The van der Waals surface area contributed by atoms with Crippen molar-refractivity contribution in [2.45, 2.75) is 44.0 Å². The molecule has 2 fully saturated rings. The maximum Gasteiger partial charge on any atom is 0.163 e. The highest BCUT2D eigenvalue weighted by atomic mass is 16.7. The summed E-state index contributed by atoms with van der Waals surface area (Å²) in [4.78, 5) is 0. The minimum atomic E-state index is -0.829. The molecule has 2 heterocycles. The number of aliphatic hydroxyl groups is 2. The van der Waals surface area contributed by atoms with E-state index in [1.54, 1.807) is 13.8 Å². The Balaban J connectivity index is 2.08. The molecule has 5 nitrogen and oxygen atoms in total. The average Bonchev–Trinajstić information content (AvgIpc) is 2.11. The average molecular weight is 203 g/mol. The zero-order valence-corrected chi connectivity index (χ0v) is 8.43. The Bertz CT molecular complexity index is 219. The van der Waals surface area contributed by atoms with E-state index in [1.165, 1.54) is 0 Å². The third kappa shape index (κ3) is 1.78. The molecule has 2 rings (SSSR count). The molecule has 5 heteroatoms. The summed E-state index contributed by atoms with van der Waals surface area (Å²) in [5, 5.41) is 22.3. The van der Waals surface area contributed by atoms with Gasteiger partial charge in [-0.25, -0.2) is 0 Å². The predicted octanol–water partition coefficient (Wildman–Crippen LogP) is -1.17. The summed E-state index contributed by atoms with van der Waals surface area (Å²) in [5.74, 6) is -0.680. The van der Waals surface area contributed by atoms with Gasteiger partial charge in [-0.3, -0.25) is 0 Å². The van der Waals surface area contributed by atoms with Crippen molar-refractivity contribution >= 4 is 0 Å². The SMILES string of the molecule is CC1(C)OC[C@H]2NC[C@@H](O)[C@@H](O)[C@@H]2O1. The number of nitrogens with one attached hydrogen (secondary N) is 1. The Hall–Kier alpha value is -0.200. The monoisotopic (exact) mass is 203 g/mol. The van der Waals surface area contributed by atoms with Gasteiger partial charge in [-0.05, 0) is 13.8 Å². The van der Waals surface area contributed by atoms with Crippen LogP contribution >= 0.6 is 0 Å². The maximum absolute atomic E-state index is 9.73. The predicted molar refractivity (Wildman–Crippen MR) is 48.7 cm³/mol. The van der Waals surface area contributed by atoms with Gasteiger partial charge in [0.2, 0.25) is 0 Å². The number of hydrogen-bond acceptors (Lipinski definition) is 5. The first-order chi connectivity index (χ1) is 6.49. The largest absolute Gasteiger partial charge is 0.389 e. The Morgan fingerprint density at radius 3 is 2.79 bits per heavy atom. The van der Waals surface area contributed by atoms with E-state index in [9.17, 15) is 10.2 Å². The van der Waals surface area contributed by atoms with E-state index in [-0.39, 0.29) is 12.1 Å². The highest BCUT2D eigenvalue weighted by Gasteiger charge is 2.45. The number of ether oxygens (including phenoxy) is 2. The van der Waals surface area contributed by atoms with Crippen LogP contribution in [-0.2, 0) is 9.47 Å². The van der Waals surface area contributed by atoms with Crippen LogP contribution in [0.25, 0.3) is 0 Å². The standard InChI is InChI=1S/C9H17NO4/c1-9(2)13-4-5-8(14-9)7(12)6(11)3-10-5/h5-8,10-12H,3-4H2,1-2H3/t5-,6-,7-,8-/m1/s1. The van der Waals surface area contributed by atoms with E-state index < -0.39 is 18.0 Å². The molecule has 2 aliphatic heterocycles. The van der Waals surface area contributed by atoms with Crippen molar-refractivity contribution < 1.29 is 19.7 Å². The van der Waals surface area contributed by atoms with Gasteiger partial charge >= 0.3 is 0 Å². The minimum absolute atomic E-state index is 0.0265. The molecule has 0 aromatic rings. The first-order valence-corrected chi connectivity index (χ1v) is 4.91. The molecule has 0 saturated carbocycles. The molecule has 0 spiro atoms. The lowest BCUT2D eigenvalue weighted by Gasteiger charge is -2.47. The van der Waals surface area contributed by atoms with Gasteiger partial charge in [-0.1, -0.05) is 0 Å². The summed E-state index contributed by atoms with van der Waals surface area (Å²) >= 11 is 0. The molecular weight excluding hydrogens is 186 g/mol. The first-order valence-electron chi connectivity index (χ1n) is 4.91. The second kappa shape index (κ2) is 3.43. The fraction of sp³-hybridized carbons (Fsp3) is 1.00. The lowest BCUT2D eigenvalue weighted by Crippen LogP contribution is -2.66. The minimum Gasteiger partial charge on any atom is -0.389 e. The number of hydrogen-bond donors (Lipinski definition) is 3. The van der Waals surface area contributed by atoms with Crippen molar-refractivity contribution in [3.05, 3.63) is 0 Å². The van der Waals surface area contributed by atoms with E-state index in [4.69, 9.17) is 9.47 Å². The van der Waals surface area contributed by atoms with E-state index in [1.807, 2.05) is 0 Å². The second-order valence-electron chi connectivity index (χ2n) is 4.37. The van der Waals surface area contributed by atoms with Gasteiger partial charge in [0.15, 0.2) is 5.79 Å². The number of aliphatic hydroxyl groups excluding tert-OH is 2. The fourth-order valence-corrected chi connectivity index (χ4v) is 1.92. The molecule has 14 heavy (non-hydrogen) atoms. The van der Waals surface area contributed by atoms with Crippen molar-refractivity contribution in [3.63, 3.8) is 0 Å². The van der Waals surface area contributed by atoms with Crippen LogP contribution in [0.2, 0.25) is 0 Å². The smallest absolute Gasteiger partial charge is 0.163 e. The zero-order valence-electron chi connectivity index (χ0n) is 8.43. The molecule has 2 saturated heterocycles. The summed E-state index contributed by atoms with van der Waals surface area (Å²) in [5.41, 5.74) is 0. The van der Waals surface area contributed by atoms with Gasteiger partial charge < -0.3 is 25.0 Å². The van der Waals surface area contributed by atoms with Gasteiger partial charge in [-0.2, -0.15) is 0 Å². The Labute approximate surface area is 83.0 Å².